The number of methoxy groups -OCH3 is 2. The van der Waals surface area contributed by atoms with Gasteiger partial charge in [0.15, 0.2) is 0 Å². The van der Waals surface area contributed by atoms with Gasteiger partial charge in [0.05, 0.1) is 33.2 Å². The maximum Gasteiger partial charge on any atom is 0.239 e. The molecule has 0 heterocycles. The SMILES string of the molecule is COc1ccc(OC)c([C@@H](C)NC(=O)CNC(=O)Cc2cccc3ccccc23)c1. The molecule has 0 aliphatic rings. The third-order valence-corrected chi connectivity index (χ3v) is 4.96. The van der Waals surface area contributed by atoms with Gasteiger partial charge in [0, 0.05) is 5.56 Å². The Balaban J connectivity index is 1.57. The molecule has 0 saturated heterocycles. The van der Waals surface area contributed by atoms with E-state index in [4.69, 9.17) is 9.47 Å². The largest absolute Gasteiger partial charge is 0.497 e. The number of rotatable bonds is 8. The standard InChI is InChI=1S/C24H26N2O4/c1-16(21-14-19(29-2)11-12-22(21)30-3)26-24(28)15-25-23(27)13-18-9-6-8-17-7-4-5-10-20(17)18/h4-12,14,16H,13,15H2,1-3H3,(H,25,27)(H,26,28)/t16-/m1/s1. The number of hydrogen-bond acceptors (Lipinski definition) is 4. The molecule has 156 valence electrons. The number of ether oxygens (including phenoxy) is 2. The van der Waals surface area contributed by atoms with Crippen LogP contribution in [-0.4, -0.2) is 32.6 Å². The van der Waals surface area contributed by atoms with Gasteiger partial charge in [0.1, 0.15) is 11.5 Å². The lowest BCUT2D eigenvalue weighted by Gasteiger charge is -2.18. The Morgan fingerprint density at radius 2 is 1.70 bits per heavy atom. The lowest BCUT2D eigenvalue weighted by atomic mass is 10.0. The van der Waals surface area contributed by atoms with Crippen LogP contribution in [0.15, 0.2) is 60.7 Å². The van der Waals surface area contributed by atoms with Gasteiger partial charge in [-0.2, -0.15) is 0 Å². The van der Waals surface area contributed by atoms with Crippen LogP contribution in [0.3, 0.4) is 0 Å². The van der Waals surface area contributed by atoms with E-state index in [1.54, 1.807) is 26.4 Å². The van der Waals surface area contributed by atoms with Crippen LogP contribution in [0.2, 0.25) is 0 Å². The minimum Gasteiger partial charge on any atom is -0.497 e. The number of nitrogens with one attached hydrogen (secondary N) is 2. The van der Waals surface area contributed by atoms with Gasteiger partial charge in [0.2, 0.25) is 11.8 Å². The molecule has 6 heteroatoms. The van der Waals surface area contributed by atoms with E-state index in [9.17, 15) is 9.59 Å². The van der Waals surface area contributed by atoms with E-state index in [0.29, 0.717) is 11.5 Å². The summed E-state index contributed by atoms with van der Waals surface area (Å²) in [5.41, 5.74) is 1.73. The van der Waals surface area contributed by atoms with Gasteiger partial charge in [-0.05, 0) is 41.5 Å². The molecule has 3 rings (SSSR count). The summed E-state index contributed by atoms with van der Waals surface area (Å²) in [6, 6.07) is 18.9. The Morgan fingerprint density at radius 3 is 2.47 bits per heavy atom. The number of benzene rings is 3. The summed E-state index contributed by atoms with van der Waals surface area (Å²) in [5.74, 6) is 0.852. The average Bonchev–Trinajstić information content (AvgIpc) is 2.77. The molecule has 0 fully saturated rings. The molecule has 6 nitrogen and oxygen atoms in total. The monoisotopic (exact) mass is 406 g/mol. The number of amides is 2. The van der Waals surface area contributed by atoms with E-state index in [0.717, 1.165) is 21.9 Å². The van der Waals surface area contributed by atoms with Crippen molar-refractivity contribution in [3.63, 3.8) is 0 Å². The highest BCUT2D eigenvalue weighted by Gasteiger charge is 2.16. The fourth-order valence-electron chi connectivity index (χ4n) is 3.41. The molecule has 0 radical (unpaired) electrons. The Morgan fingerprint density at radius 1 is 0.933 bits per heavy atom. The second-order valence-electron chi connectivity index (χ2n) is 6.99. The third-order valence-electron chi connectivity index (χ3n) is 4.96. The lowest BCUT2D eigenvalue weighted by Crippen LogP contribution is -2.38. The predicted octanol–water partition coefficient (Wildman–Crippen LogP) is 3.39. The minimum absolute atomic E-state index is 0.0970. The van der Waals surface area contributed by atoms with E-state index < -0.39 is 0 Å². The summed E-state index contributed by atoms with van der Waals surface area (Å²) in [7, 11) is 3.16. The predicted molar refractivity (Wildman–Crippen MR) is 117 cm³/mol. The van der Waals surface area contributed by atoms with Crippen LogP contribution in [0.1, 0.15) is 24.1 Å². The fourth-order valence-corrected chi connectivity index (χ4v) is 3.41. The van der Waals surface area contributed by atoms with Crippen LogP contribution in [0.5, 0.6) is 11.5 Å². The average molecular weight is 406 g/mol. The van der Waals surface area contributed by atoms with Crippen molar-refractivity contribution in [3.8, 4) is 11.5 Å². The highest BCUT2D eigenvalue weighted by Crippen LogP contribution is 2.29. The second kappa shape index (κ2) is 9.78. The van der Waals surface area contributed by atoms with Crippen molar-refractivity contribution in [1.29, 1.82) is 0 Å². The molecule has 2 amide bonds. The van der Waals surface area contributed by atoms with Crippen molar-refractivity contribution in [1.82, 2.24) is 10.6 Å². The van der Waals surface area contributed by atoms with Gasteiger partial charge < -0.3 is 20.1 Å². The second-order valence-corrected chi connectivity index (χ2v) is 6.99. The Hall–Kier alpha value is -3.54. The quantitative estimate of drug-likeness (QED) is 0.601. The van der Waals surface area contributed by atoms with Gasteiger partial charge in [-0.15, -0.1) is 0 Å². The first-order valence-corrected chi connectivity index (χ1v) is 9.76. The van der Waals surface area contributed by atoms with E-state index >= 15 is 0 Å². The Bertz CT molecular complexity index is 1040. The zero-order valence-corrected chi connectivity index (χ0v) is 17.4. The number of hydrogen-bond donors (Lipinski definition) is 2. The lowest BCUT2D eigenvalue weighted by molar-refractivity contribution is -0.126. The first-order valence-electron chi connectivity index (χ1n) is 9.76. The number of carbonyl (C=O) groups is 2. The zero-order valence-electron chi connectivity index (χ0n) is 17.4. The van der Waals surface area contributed by atoms with Crippen molar-refractivity contribution in [2.24, 2.45) is 0 Å². The van der Waals surface area contributed by atoms with Crippen molar-refractivity contribution >= 4 is 22.6 Å². The summed E-state index contributed by atoms with van der Waals surface area (Å²) in [6.45, 7) is 1.76. The molecule has 0 unspecified atom stereocenters. The third kappa shape index (κ3) is 5.08. The maximum atomic E-state index is 12.4. The fraction of sp³-hybridized carbons (Fsp3) is 0.250. The topological polar surface area (TPSA) is 76.7 Å². The highest BCUT2D eigenvalue weighted by atomic mass is 16.5. The molecule has 0 spiro atoms. The minimum atomic E-state index is -0.308. The van der Waals surface area contributed by atoms with Crippen LogP contribution in [0.4, 0.5) is 0 Å². The molecule has 2 N–H and O–H groups in total. The first-order chi connectivity index (χ1) is 14.5. The van der Waals surface area contributed by atoms with Gasteiger partial charge >= 0.3 is 0 Å². The van der Waals surface area contributed by atoms with Crippen molar-refractivity contribution in [2.45, 2.75) is 19.4 Å². The normalized spacial score (nSPS) is 11.6. The smallest absolute Gasteiger partial charge is 0.239 e. The molecule has 0 aliphatic carbocycles. The Labute approximate surface area is 176 Å². The van der Waals surface area contributed by atoms with Gasteiger partial charge in [-0.25, -0.2) is 0 Å². The van der Waals surface area contributed by atoms with E-state index in [2.05, 4.69) is 10.6 Å². The van der Waals surface area contributed by atoms with Crippen LogP contribution in [0, 0.1) is 0 Å². The summed E-state index contributed by atoms with van der Waals surface area (Å²) in [5, 5.41) is 7.70. The summed E-state index contributed by atoms with van der Waals surface area (Å²) >= 11 is 0. The molecule has 0 bridgehead atoms. The summed E-state index contributed by atoms with van der Waals surface area (Å²) in [6.07, 6.45) is 0.216. The van der Waals surface area contributed by atoms with Gasteiger partial charge in [0.25, 0.3) is 0 Å². The molecule has 3 aromatic rings. The zero-order chi connectivity index (χ0) is 21.5. The van der Waals surface area contributed by atoms with E-state index in [1.165, 1.54) is 0 Å². The highest BCUT2D eigenvalue weighted by molar-refractivity contribution is 5.91. The van der Waals surface area contributed by atoms with E-state index in [1.807, 2.05) is 55.5 Å². The molecule has 3 aromatic carbocycles. The van der Waals surface area contributed by atoms with Crippen LogP contribution in [-0.2, 0) is 16.0 Å². The Kier molecular flexibility index (Phi) is 6.91. The van der Waals surface area contributed by atoms with Crippen molar-refractivity contribution < 1.29 is 19.1 Å². The molecule has 30 heavy (non-hydrogen) atoms. The maximum absolute atomic E-state index is 12.4. The van der Waals surface area contributed by atoms with Crippen LogP contribution >= 0.6 is 0 Å². The molecule has 0 aromatic heterocycles. The summed E-state index contributed by atoms with van der Waals surface area (Å²) < 4.78 is 10.6. The number of fused-ring (bicyclic) bond motifs is 1. The van der Waals surface area contributed by atoms with Gasteiger partial charge in [-0.1, -0.05) is 42.5 Å². The number of carbonyl (C=O) groups excluding carboxylic acids is 2. The molecule has 0 saturated carbocycles. The molecule has 1 atom stereocenters. The van der Waals surface area contributed by atoms with Crippen LogP contribution in [0.25, 0.3) is 10.8 Å². The molecule has 0 aliphatic heterocycles. The van der Waals surface area contributed by atoms with E-state index in [-0.39, 0.29) is 30.8 Å². The van der Waals surface area contributed by atoms with Crippen molar-refractivity contribution in [2.75, 3.05) is 20.8 Å². The van der Waals surface area contributed by atoms with Gasteiger partial charge in [-0.3, -0.25) is 9.59 Å². The first kappa shape index (κ1) is 21.2. The van der Waals surface area contributed by atoms with Crippen molar-refractivity contribution in [3.05, 3.63) is 71.8 Å². The van der Waals surface area contributed by atoms with Crippen LogP contribution < -0.4 is 20.1 Å². The summed E-state index contributed by atoms with van der Waals surface area (Å²) in [4.78, 5) is 24.7. The molecular formula is C24H26N2O4. The molecular weight excluding hydrogens is 380 g/mol.